The fourth-order valence-electron chi connectivity index (χ4n) is 2.63. The Balaban J connectivity index is 3.10. The van der Waals surface area contributed by atoms with Crippen LogP contribution in [0.3, 0.4) is 0 Å². The van der Waals surface area contributed by atoms with Crippen LogP contribution in [0.1, 0.15) is 53.1 Å². The lowest BCUT2D eigenvalue weighted by atomic mass is 10.0. The van der Waals surface area contributed by atoms with Gasteiger partial charge in [0.2, 0.25) is 11.8 Å². The van der Waals surface area contributed by atoms with Crippen LogP contribution in [-0.2, 0) is 14.3 Å². The summed E-state index contributed by atoms with van der Waals surface area (Å²) in [7, 11) is 1.46. The number of nitrogens with zero attached hydrogens (tertiary/aromatic N) is 1. The van der Waals surface area contributed by atoms with Crippen LogP contribution < -0.4 is 10.6 Å². The number of carbonyl (C=O) groups is 3. The summed E-state index contributed by atoms with van der Waals surface area (Å²) in [5.41, 5.74) is -0.642. The van der Waals surface area contributed by atoms with Gasteiger partial charge in [0.1, 0.15) is 17.7 Å². The Kier molecular flexibility index (Phi) is 8.20. The van der Waals surface area contributed by atoms with Gasteiger partial charge in [-0.05, 0) is 47.1 Å². The summed E-state index contributed by atoms with van der Waals surface area (Å²) in [5.74, 6) is -0.982. The molecule has 8 nitrogen and oxygen atoms in total. The maximum Gasteiger partial charge on any atom is 0.408 e. The van der Waals surface area contributed by atoms with E-state index in [2.05, 4.69) is 10.6 Å². The molecule has 8 heteroatoms. The second-order valence-corrected chi connectivity index (χ2v) is 8.88. The third kappa shape index (κ3) is 8.11. The predicted molar refractivity (Wildman–Crippen MR) is 110 cm³/mol. The molecule has 3 amide bonds. The van der Waals surface area contributed by atoms with E-state index in [1.54, 1.807) is 45.0 Å². The zero-order valence-corrected chi connectivity index (χ0v) is 18.3. The number of alkyl carbamates (subject to hydrolysis) is 1. The maximum atomic E-state index is 13.0. The molecule has 0 saturated heterocycles. The van der Waals surface area contributed by atoms with E-state index in [0.717, 1.165) is 0 Å². The molecule has 0 aliphatic carbocycles. The predicted octanol–water partition coefficient (Wildman–Crippen LogP) is 1.99. The molecule has 29 heavy (non-hydrogen) atoms. The lowest BCUT2D eigenvalue weighted by Crippen LogP contribution is -2.54. The summed E-state index contributed by atoms with van der Waals surface area (Å²) in [5, 5.41) is 14.9. The first-order valence-corrected chi connectivity index (χ1v) is 9.49. The summed E-state index contributed by atoms with van der Waals surface area (Å²) in [6.45, 7) is 9.97. The van der Waals surface area contributed by atoms with Crippen molar-refractivity contribution < 1.29 is 24.2 Å². The van der Waals surface area contributed by atoms with Gasteiger partial charge in [0.25, 0.3) is 0 Å². The van der Waals surface area contributed by atoms with E-state index in [9.17, 15) is 19.5 Å². The minimum atomic E-state index is -1.25. The lowest BCUT2D eigenvalue weighted by molar-refractivity contribution is -0.142. The van der Waals surface area contributed by atoms with Gasteiger partial charge < -0.3 is 25.4 Å². The average Bonchev–Trinajstić information content (AvgIpc) is 2.57. The fourth-order valence-corrected chi connectivity index (χ4v) is 2.63. The number of hydrogen-bond acceptors (Lipinski definition) is 5. The number of likely N-dealkylation sites (N-methyl/N-ethyl adjacent to an activating group) is 1. The highest BCUT2D eigenvalue weighted by atomic mass is 16.6. The van der Waals surface area contributed by atoms with Gasteiger partial charge in [0.05, 0.1) is 6.61 Å². The van der Waals surface area contributed by atoms with Crippen LogP contribution in [0.2, 0.25) is 0 Å². The first kappa shape index (κ1) is 24.4. The Morgan fingerprint density at radius 3 is 2.07 bits per heavy atom. The molecule has 1 rings (SSSR count). The van der Waals surface area contributed by atoms with Crippen molar-refractivity contribution in [3.8, 4) is 0 Å². The second kappa shape index (κ2) is 9.73. The van der Waals surface area contributed by atoms with Crippen LogP contribution in [0.15, 0.2) is 30.3 Å². The van der Waals surface area contributed by atoms with Crippen molar-refractivity contribution in [2.45, 2.75) is 64.8 Å². The Hall–Kier alpha value is -2.61. The van der Waals surface area contributed by atoms with Gasteiger partial charge in [-0.15, -0.1) is 0 Å². The van der Waals surface area contributed by atoms with Crippen molar-refractivity contribution in [3.05, 3.63) is 35.9 Å². The first-order chi connectivity index (χ1) is 13.2. The Bertz CT molecular complexity index is 707. The van der Waals surface area contributed by atoms with E-state index in [-0.39, 0.29) is 5.91 Å². The normalized spacial score (nSPS) is 13.8. The van der Waals surface area contributed by atoms with Crippen LogP contribution in [-0.4, -0.2) is 58.8 Å². The van der Waals surface area contributed by atoms with E-state index in [4.69, 9.17) is 4.74 Å². The fraction of sp³-hybridized carbons (Fsp3) is 0.571. The molecule has 0 bridgehead atoms. The smallest absolute Gasteiger partial charge is 0.408 e. The third-order valence-corrected chi connectivity index (χ3v) is 3.77. The van der Waals surface area contributed by atoms with Crippen LogP contribution in [0.4, 0.5) is 4.79 Å². The average molecular weight is 408 g/mol. The van der Waals surface area contributed by atoms with Gasteiger partial charge in [-0.2, -0.15) is 0 Å². The summed E-state index contributed by atoms with van der Waals surface area (Å²) in [4.78, 5) is 39.2. The number of hydrogen-bond donors (Lipinski definition) is 3. The first-order valence-electron chi connectivity index (χ1n) is 9.49. The number of benzene rings is 1. The molecule has 162 valence electrons. The van der Waals surface area contributed by atoms with Crippen LogP contribution in [0.25, 0.3) is 0 Å². The molecule has 0 aliphatic rings. The minimum Gasteiger partial charge on any atom is -0.444 e. The summed E-state index contributed by atoms with van der Waals surface area (Å²) < 4.78 is 5.15. The van der Waals surface area contributed by atoms with E-state index in [1.165, 1.54) is 11.9 Å². The Labute approximate surface area is 172 Å². The molecule has 1 aromatic rings. The Morgan fingerprint density at radius 1 is 1.07 bits per heavy atom. The van der Waals surface area contributed by atoms with E-state index < -0.39 is 41.8 Å². The van der Waals surface area contributed by atoms with E-state index in [0.29, 0.717) is 5.56 Å². The number of aliphatic hydroxyl groups excluding tert-OH is 1. The van der Waals surface area contributed by atoms with Crippen LogP contribution in [0, 0.1) is 0 Å². The van der Waals surface area contributed by atoms with Crippen LogP contribution in [0.5, 0.6) is 0 Å². The molecule has 3 N–H and O–H groups in total. The molecule has 2 atom stereocenters. The van der Waals surface area contributed by atoms with Crippen molar-refractivity contribution in [1.29, 1.82) is 0 Å². The summed E-state index contributed by atoms with van der Waals surface area (Å²) in [6.07, 6.45) is -0.825. The van der Waals surface area contributed by atoms with Crippen molar-refractivity contribution >= 4 is 17.9 Å². The SMILES string of the molecule is CN(C(=O)C(CO)NC(=O)OC(C)(C)C)C(C(=O)NC(C)(C)C)c1ccccc1. The van der Waals surface area contributed by atoms with Gasteiger partial charge in [0, 0.05) is 12.6 Å². The van der Waals surface area contributed by atoms with Crippen LogP contribution >= 0.6 is 0 Å². The topological polar surface area (TPSA) is 108 Å². The van der Waals surface area contributed by atoms with Gasteiger partial charge in [0.15, 0.2) is 0 Å². The summed E-state index contributed by atoms with van der Waals surface area (Å²) >= 11 is 0. The van der Waals surface area contributed by atoms with Gasteiger partial charge >= 0.3 is 6.09 Å². The Morgan fingerprint density at radius 2 is 1.62 bits per heavy atom. The molecule has 0 radical (unpaired) electrons. The van der Waals surface area contributed by atoms with Gasteiger partial charge in [-0.3, -0.25) is 9.59 Å². The highest BCUT2D eigenvalue weighted by Crippen LogP contribution is 2.22. The molecule has 0 aromatic heterocycles. The molecular formula is C21H33N3O5. The largest absolute Gasteiger partial charge is 0.444 e. The monoisotopic (exact) mass is 407 g/mol. The molecule has 0 fully saturated rings. The zero-order valence-electron chi connectivity index (χ0n) is 18.3. The standard InChI is InChI=1S/C21H33N3O5/c1-20(2,3)23-17(26)16(14-11-9-8-10-12-14)24(7)18(27)15(13-25)22-19(28)29-21(4,5)6/h8-12,15-16,25H,13H2,1-7H3,(H,22,28)(H,23,26). The highest BCUT2D eigenvalue weighted by molar-refractivity contribution is 5.92. The van der Waals surface area contributed by atoms with Crippen molar-refractivity contribution in [2.24, 2.45) is 0 Å². The van der Waals surface area contributed by atoms with Crippen molar-refractivity contribution in [1.82, 2.24) is 15.5 Å². The molecule has 0 aliphatic heterocycles. The molecule has 0 heterocycles. The zero-order chi connectivity index (χ0) is 22.4. The molecule has 2 unspecified atom stereocenters. The summed E-state index contributed by atoms with van der Waals surface area (Å²) in [6, 6.07) is 6.66. The molecule has 0 spiro atoms. The lowest BCUT2D eigenvalue weighted by Gasteiger charge is -2.33. The molecular weight excluding hydrogens is 374 g/mol. The van der Waals surface area contributed by atoms with Gasteiger partial charge in [-0.1, -0.05) is 30.3 Å². The van der Waals surface area contributed by atoms with Gasteiger partial charge in [-0.25, -0.2) is 4.79 Å². The maximum absolute atomic E-state index is 13.0. The van der Waals surface area contributed by atoms with E-state index >= 15 is 0 Å². The molecule has 0 saturated carbocycles. The quantitative estimate of drug-likeness (QED) is 0.668. The highest BCUT2D eigenvalue weighted by Gasteiger charge is 2.34. The number of aliphatic hydroxyl groups is 1. The number of nitrogens with one attached hydrogen (secondary N) is 2. The minimum absolute atomic E-state index is 0.367. The third-order valence-electron chi connectivity index (χ3n) is 3.77. The number of amides is 3. The second-order valence-electron chi connectivity index (χ2n) is 8.88. The number of rotatable bonds is 6. The van der Waals surface area contributed by atoms with Crippen molar-refractivity contribution in [3.63, 3.8) is 0 Å². The number of ether oxygens (including phenoxy) is 1. The van der Waals surface area contributed by atoms with E-state index in [1.807, 2.05) is 26.8 Å². The number of carbonyl (C=O) groups excluding carboxylic acids is 3. The van der Waals surface area contributed by atoms with Crippen molar-refractivity contribution in [2.75, 3.05) is 13.7 Å². The molecule has 1 aromatic carbocycles.